The molecule has 2 aromatic rings. The second-order valence-electron chi connectivity index (χ2n) is 5.12. The Labute approximate surface area is 128 Å². The molecule has 22 heavy (non-hydrogen) atoms. The van der Waals surface area contributed by atoms with Crippen LogP contribution in [0, 0.1) is 6.92 Å². The molecule has 1 N–H and O–H groups in total. The third-order valence-corrected chi connectivity index (χ3v) is 3.50. The number of anilines is 1. The molecule has 0 aromatic heterocycles. The van der Waals surface area contributed by atoms with Crippen LogP contribution in [0.5, 0.6) is 11.5 Å². The van der Waals surface area contributed by atoms with E-state index >= 15 is 0 Å². The molecular weight excluding hydrogens is 280 g/mol. The van der Waals surface area contributed by atoms with E-state index in [-0.39, 0.29) is 5.91 Å². The molecule has 0 saturated carbocycles. The van der Waals surface area contributed by atoms with Crippen molar-refractivity contribution < 1.29 is 14.3 Å². The van der Waals surface area contributed by atoms with Crippen molar-refractivity contribution in [1.82, 2.24) is 5.32 Å². The fourth-order valence-electron chi connectivity index (χ4n) is 2.36. The van der Waals surface area contributed by atoms with Gasteiger partial charge in [0.05, 0.1) is 5.69 Å². The lowest BCUT2D eigenvalue weighted by Gasteiger charge is -2.28. The van der Waals surface area contributed by atoms with Crippen LogP contribution in [0.2, 0.25) is 0 Å². The lowest BCUT2D eigenvalue weighted by Crippen LogP contribution is -2.49. The number of hydrogen-bond donors (Lipinski definition) is 1. The average molecular weight is 296 g/mol. The van der Waals surface area contributed by atoms with E-state index in [0.29, 0.717) is 18.7 Å². The van der Waals surface area contributed by atoms with E-state index in [0.717, 1.165) is 17.0 Å². The van der Waals surface area contributed by atoms with Crippen LogP contribution in [0.1, 0.15) is 12.0 Å². The van der Waals surface area contributed by atoms with Crippen molar-refractivity contribution in [3.63, 3.8) is 0 Å². The van der Waals surface area contributed by atoms with Crippen LogP contribution in [-0.4, -0.2) is 18.5 Å². The quantitative estimate of drug-likeness (QED) is 0.946. The Balaban J connectivity index is 1.87. The molecule has 0 spiro atoms. The first-order valence-electron chi connectivity index (χ1n) is 7.08. The Hall–Kier alpha value is -2.82. The number of carbonyl (C=O) groups excluding carboxylic acids is 2. The van der Waals surface area contributed by atoms with Gasteiger partial charge in [0.25, 0.3) is 0 Å². The van der Waals surface area contributed by atoms with E-state index in [4.69, 9.17) is 4.74 Å². The molecule has 3 rings (SSSR count). The fourth-order valence-corrected chi connectivity index (χ4v) is 2.36. The van der Waals surface area contributed by atoms with Crippen molar-refractivity contribution in [3.05, 3.63) is 54.1 Å². The summed E-state index contributed by atoms with van der Waals surface area (Å²) in [4.78, 5) is 24.8. The van der Waals surface area contributed by atoms with Crippen molar-refractivity contribution in [2.24, 2.45) is 0 Å². The van der Waals surface area contributed by atoms with Crippen molar-refractivity contribution in [1.29, 1.82) is 0 Å². The monoisotopic (exact) mass is 296 g/mol. The van der Waals surface area contributed by atoms with Gasteiger partial charge in [0.2, 0.25) is 5.91 Å². The highest BCUT2D eigenvalue weighted by atomic mass is 16.5. The lowest BCUT2D eigenvalue weighted by atomic mass is 10.1. The Kier molecular flexibility index (Phi) is 3.78. The van der Waals surface area contributed by atoms with Crippen LogP contribution >= 0.6 is 0 Å². The van der Waals surface area contributed by atoms with Gasteiger partial charge in [-0.25, -0.2) is 4.79 Å². The zero-order chi connectivity index (χ0) is 15.5. The summed E-state index contributed by atoms with van der Waals surface area (Å²) in [6.45, 7) is 2.30. The molecule has 1 heterocycles. The first kappa shape index (κ1) is 14.1. The summed E-state index contributed by atoms with van der Waals surface area (Å²) in [5, 5.41) is 2.33. The summed E-state index contributed by atoms with van der Waals surface area (Å²) in [7, 11) is 0. The fraction of sp³-hybridized carbons (Fsp3) is 0.176. The Morgan fingerprint density at radius 2 is 1.82 bits per heavy atom. The van der Waals surface area contributed by atoms with Crippen LogP contribution in [0.3, 0.4) is 0 Å². The largest absolute Gasteiger partial charge is 0.457 e. The van der Waals surface area contributed by atoms with Crippen LogP contribution in [0.25, 0.3) is 0 Å². The molecule has 5 nitrogen and oxygen atoms in total. The molecular formula is C17H16N2O3. The molecule has 1 aliphatic rings. The number of rotatable bonds is 3. The summed E-state index contributed by atoms with van der Waals surface area (Å²) in [5.74, 6) is 1.14. The minimum absolute atomic E-state index is 0.240. The number of nitrogens with one attached hydrogen (secondary N) is 1. The number of para-hydroxylation sites is 1. The summed E-state index contributed by atoms with van der Waals surface area (Å²) in [6.07, 6.45) is 0.301. The predicted octanol–water partition coefficient (Wildman–Crippen LogP) is 3.23. The topological polar surface area (TPSA) is 58.6 Å². The van der Waals surface area contributed by atoms with Gasteiger partial charge in [-0.2, -0.15) is 0 Å². The summed E-state index contributed by atoms with van der Waals surface area (Å²) < 4.78 is 5.80. The van der Waals surface area contributed by atoms with Gasteiger partial charge in [0, 0.05) is 19.0 Å². The smallest absolute Gasteiger partial charge is 0.328 e. The van der Waals surface area contributed by atoms with E-state index < -0.39 is 6.03 Å². The number of ether oxygens (including phenoxy) is 1. The van der Waals surface area contributed by atoms with E-state index in [9.17, 15) is 9.59 Å². The first-order valence-corrected chi connectivity index (χ1v) is 7.08. The maximum atomic E-state index is 12.0. The number of imide groups is 1. The molecule has 0 bridgehead atoms. The molecule has 0 aliphatic carbocycles. The van der Waals surface area contributed by atoms with E-state index in [1.165, 1.54) is 0 Å². The lowest BCUT2D eigenvalue weighted by molar-refractivity contribution is -0.120. The second-order valence-corrected chi connectivity index (χ2v) is 5.12. The maximum Gasteiger partial charge on any atom is 0.328 e. The van der Waals surface area contributed by atoms with Gasteiger partial charge >= 0.3 is 6.03 Å². The van der Waals surface area contributed by atoms with Crippen molar-refractivity contribution in [3.8, 4) is 11.5 Å². The minimum Gasteiger partial charge on any atom is -0.457 e. The highest BCUT2D eigenvalue weighted by Crippen LogP contribution is 2.29. The molecule has 1 aliphatic heterocycles. The van der Waals surface area contributed by atoms with Gasteiger partial charge in [-0.3, -0.25) is 15.0 Å². The number of nitrogens with zero attached hydrogens (tertiary/aromatic N) is 1. The molecule has 3 amide bonds. The molecule has 5 heteroatoms. The molecule has 0 unspecified atom stereocenters. The molecule has 1 fully saturated rings. The highest BCUT2D eigenvalue weighted by Gasteiger charge is 2.25. The van der Waals surface area contributed by atoms with Crippen LogP contribution in [0.4, 0.5) is 10.5 Å². The van der Waals surface area contributed by atoms with Crippen LogP contribution in [0.15, 0.2) is 48.5 Å². The van der Waals surface area contributed by atoms with Gasteiger partial charge in [-0.05, 0) is 30.7 Å². The number of hydrogen-bond acceptors (Lipinski definition) is 3. The summed E-state index contributed by atoms with van der Waals surface area (Å²) in [5.41, 5.74) is 1.70. The average Bonchev–Trinajstić information content (AvgIpc) is 2.51. The number of benzene rings is 2. The molecule has 0 radical (unpaired) electrons. The summed E-state index contributed by atoms with van der Waals surface area (Å²) >= 11 is 0. The number of urea groups is 1. The Morgan fingerprint density at radius 1 is 1.05 bits per heavy atom. The third-order valence-electron chi connectivity index (χ3n) is 3.50. The number of carbonyl (C=O) groups is 2. The standard InChI is InChI=1S/C17H16N2O3/c1-12-7-8-14(22-13-5-3-2-4-6-13)11-15(12)19-10-9-16(20)18-17(19)21/h2-8,11H,9-10H2,1H3,(H,18,20,21). The van der Waals surface area contributed by atoms with E-state index in [1.54, 1.807) is 4.90 Å². The number of aryl methyl sites for hydroxylation is 1. The maximum absolute atomic E-state index is 12.0. The van der Waals surface area contributed by atoms with Crippen molar-refractivity contribution >= 4 is 17.6 Å². The molecule has 0 atom stereocenters. The molecule has 2 aromatic carbocycles. The van der Waals surface area contributed by atoms with Crippen molar-refractivity contribution in [2.75, 3.05) is 11.4 Å². The van der Waals surface area contributed by atoms with Gasteiger partial charge in [0.1, 0.15) is 11.5 Å². The van der Waals surface area contributed by atoms with Gasteiger partial charge in [-0.1, -0.05) is 24.3 Å². The van der Waals surface area contributed by atoms with Crippen LogP contribution in [-0.2, 0) is 4.79 Å². The minimum atomic E-state index is -0.392. The van der Waals surface area contributed by atoms with E-state index in [2.05, 4.69) is 5.32 Å². The SMILES string of the molecule is Cc1ccc(Oc2ccccc2)cc1N1CCC(=O)NC1=O. The van der Waals surface area contributed by atoms with Gasteiger partial charge in [-0.15, -0.1) is 0 Å². The zero-order valence-corrected chi connectivity index (χ0v) is 12.2. The Morgan fingerprint density at radius 3 is 2.55 bits per heavy atom. The van der Waals surface area contributed by atoms with Gasteiger partial charge in [0.15, 0.2) is 0 Å². The van der Waals surface area contributed by atoms with E-state index in [1.807, 2.05) is 55.5 Å². The van der Waals surface area contributed by atoms with Gasteiger partial charge < -0.3 is 4.74 Å². The Bertz CT molecular complexity index is 713. The second kappa shape index (κ2) is 5.89. The van der Waals surface area contributed by atoms with Crippen LogP contribution < -0.4 is 15.0 Å². The summed E-state index contributed by atoms with van der Waals surface area (Å²) in [6, 6.07) is 14.6. The first-order chi connectivity index (χ1) is 10.6. The third kappa shape index (κ3) is 2.93. The normalized spacial score (nSPS) is 14.7. The highest BCUT2D eigenvalue weighted by molar-refractivity contribution is 6.06. The predicted molar refractivity (Wildman–Crippen MR) is 83.2 cm³/mol. The van der Waals surface area contributed by atoms with Crippen molar-refractivity contribution in [2.45, 2.75) is 13.3 Å². The zero-order valence-electron chi connectivity index (χ0n) is 12.2. The molecule has 1 saturated heterocycles. The number of amides is 3. The molecule has 112 valence electrons.